The normalized spacial score (nSPS) is 15.8. The van der Waals surface area contributed by atoms with Crippen LogP contribution in [0.5, 0.6) is 0 Å². The molecule has 1 saturated carbocycles. The molecule has 0 amide bonds. The zero-order valence-electron chi connectivity index (χ0n) is 19.2. The van der Waals surface area contributed by atoms with Crippen molar-refractivity contribution in [3.8, 4) is 0 Å². The molecule has 0 aliphatic heterocycles. The summed E-state index contributed by atoms with van der Waals surface area (Å²) in [5.74, 6) is 2.58. The molecule has 0 N–H and O–H groups in total. The Morgan fingerprint density at radius 2 is 1.85 bits per heavy atom. The first kappa shape index (κ1) is 24.3. The topological polar surface area (TPSA) is 38.5 Å². The van der Waals surface area contributed by atoms with Crippen LogP contribution in [0.1, 0.15) is 60.8 Å². The summed E-state index contributed by atoms with van der Waals surface area (Å²) in [6.07, 6.45) is 8.31. The zero-order chi connectivity index (χ0) is 23.0. The van der Waals surface area contributed by atoms with Crippen molar-refractivity contribution in [3.63, 3.8) is 0 Å². The third kappa shape index (κ3) is 6.83. The number of ether oxygens (including phenoxy) is 1. The van der Waals surface area contributed by atoms with Gasteiger partial charge in [0.1, 0.15) is 5.76 Å². The van der Waals surface area contributed by atoms with Gasteiger partial charge in [0.15, 0.2) is 0 Å². The van der Waals surface area contributed by atoms with E-state index in [9.17, 15) is 0 Å². The molecule has 0 saturated heterocycles. The molecule has 1 unspecified atom stereocenters. The number of rotatable bonds is 10. The first-order valence-electron chi connectivity index (χ1n) is 11.8. The Labute approximate surface area is 206 Å². The average molecular weight is 487 g/mol. The van der Waals surface area contributed by atoms with E-state index in [1.54, 1.807) is 6.07 Å². The van der Waals surface area contributed by atoms with Gasteiger partial charge >= 0.3 is 0 Å². The minimum absolute atomic E-state index is 0.236. The summed E-state index contributed by atoms with van der Waals surface area (Å²) in [6.45, 7) is 2.63. The predicted octanol–water partition coefficient (Wildman–Crippen LogP) is 7.34. The third-order valence-electron chi connectivity index (χ3n) is 6.41. The van der Waals surface area contributed by atoms with Crippen LogP contribution in [0.4, 0.5) is 0 Å². The standard InChI is InChI=1S/C27H32Cl2N2O2/c1-31(14-15-32-19-20-12-13-24(28)25(29)16-20)18-23-17-30-27(33-23)26(21-8-4-2-5-9-21)22-10-6-3-7-11-22/h2,4-5,8-9,12-13,16-17,22,26H,3,6-7,10-11,14-15,18-19H2,1H3. The number of likely N-dealkylation sites (N-methyl/N-ethyl adjacent to an activating group) is 1. The maximum atomic E-state index is 6.30. The molecule has 0 radical (unpaired) electrons. The number of hydrogen-bond acceptors (Lipinski definition) is 4. The molecule has 4 rings (SSSR count). The minimum atomic E-state index is 0.236. The quantitative estimate of drug-likeness (QED) is 0.281. The van der Waals surface area contributed by atoms with Crippen molar-refractivity contribution in [1.29, 1.82) is 0 Å². The molecule has 33 heavy (non-hydrogen) atoms. The Kier molecular flexibility index (Phi) is 8.85. The SMILES string of the molecule is CN(CCOCc1ccc(Cl)c(Cl)c1)Cc1cnc(C(c2ccccc2)C2CCCCC2)o1. The molecule has 1 fully saturated rings. The van der Waals surface area contributed by atoms with Gasteiger partial charge in [0.2, 0.25) is 5.89 Å². The van der Waals surface area contributed by atoms with Crippen LogP contribution in [0, 0.1) is 5.92 Å². The number of benzene rings is 2. The summed E-state index contributed by atoms with van der Waals surface area (Å²) >= 11 is 12.0. The fourth-order valence-corrected chi connectivity index (χ4v) is 4.99. The zero-order valence-corrected chi connectivity index (χ0v) is 20.7. The van der Waals surface area contributed by atoms with Gasteiger partial charge in [-0.3, -0.25) is 4.90 Å². The summed E-state index contributed by atoms with van der Waals surface area (Å²) < 4.78 is 12.1. The van der Waals surface area contributed by atoms with E-state index in [0.29, 0.717) is 35.7 Å². The van der Waals surface area contributed by atoms with Crippen LogP contribution in [0.2, 0.25) is 10.0 Å². The van der Waals surface area contributed by atoms with E-state index in [4.69, 9.17) is 37.3 Å². The van der Waals surface area contributed by atoms with Crippen molar-refractivity contribution in [1.82, 2.24) is 9.88 Å². The van der Waals surface area contributed by atoms with Gasteiger partial charge in [0.05, 0.1) is 41.9 Å². The molecule has 3 aromatic rings. The maximum Gasteiger partial charge on any atom is 0.202 e. The highest BCUT2D eigenvalue weighted by Crippen LogP contribution is 2.40. The lowest BCUT2D eigenvalue weighted by Crippen LogP contribution is -2.22. The fourth-order valence-electron chi connectivity index (χ4n) is 4.67. The summed E-state index contributed by atoms with van der Waals surface area (Å²) in [7, 11) is 2.07. The van der Waals surface area contributed by atoms with E-state index in [1.165, 1.54) is 37.7 Å². The van der Waals surface area contributed by atoms with Crippen molar-refractivity contribution in [2.75, 3.05) is 20.2 Å². The molecule has 1 atom stereocenters. The summed E-state index contributed by atoms with van der Waals surface area (Å²) in [6, 6.07) is 16.3. The van der Waals surface area contributed by atoms with Gasteiger partial charge < -0.3 is 9.15 Å². The van der Waals surface area contributed by atoms with Crippen LogP contribution in [0.3, 0.4) is 0 Å². The van der Waals surface area contributed by atoms with E-state index >= 15 is 0 Å². The third-order valence-corrected chi connectivity index (χ3v) is 7.15. The second-order valence-electron chi connectivity index (χ2n) is 8.99. The number of hydrogen-bond donors (Lipinski definition) is 0. The molecule has 0 spiro atoms. The maximum absolute atomic E-state index is 6.30. The number of halogens is 2. The lowest BCUT2D eigenvalue weighted by Gasteiger charge is -2.28. The Bertz CT molecular complexity index is 1000. The van der Waals surface area contributed by atoms with Crippen LogP contribution in [-0.2, 0) is 17.9 Å². The molecule has 1 aliphatic carbocycles. The first-order chi connectivity index (χ1) is 16.1. The largest absolute Gasteiger partial charge is 0.444 e. The van der Waals surface area contributed by atoms with Crippen LogP contribution in [-0.4, -0.2) is 30.1 Å². The molecule has 4 nitrogen and oxygen atoms in total. The van der Waals surface area contributed by atoms with E-state index in [0.717, 1.165) is 23.8 Å². The molecular weight excluding hydrogens is 455 g/mol. The van der Waals surface area contributed by atoms with E-state index in [2.05, 4.69) is 42.3 Å². The molecule has 6 heteroatoms. The van der Waals surface area contributed by atoms with Crippen molar-refractivity contribution >= 4 is 23.2 Å². The molecule has 1 heterocycles. The predicted molar refractivity (Wildman–Crippen MR) is 134 cm³/mol. The molecule has 1 aliphatic rings. The van der Waals surface area contributed by atoms with Crippen LogP contribution >= 0.6 is 23.2 Å². The van der Waals surface area contributed by atoms with Gasteiger partial charge in [-0.1, -0.05) is 78.9 Å². The smallest absolute Gasteiger partial charge is 0.202 e. The van der Waals surface area contributed by atoms with Crippen molar-refractivity contribution in [2.24, 2.45) is 5.92 Å². The highest BCUT2D eigenvalue weighted by atomic mass is 35.5. The monoisotopic (exact) mass is 486 g/mol. The van der Waals surface area contributed by atoms with E-state index < -0.39 is 0 Å². The second kappa shape index (κ2) is 12.0. The summed E-state index contributed by atoms with van der Waals surface area (Å²) in [5.41, 5.74) is 2.32. The van der Waals surface area contributed by atoms with Crippen LogP contribution in [0.15, 0.2) is 59.1 Å². The van der Waals surface area contributed by atoms with Crippen molar-refractivity contribution in [2.45, 2.75) is 51.2 Å². The lowest BCUT2D eigenvalue weighted by atomic mass is 9.77. The van der Waals surface area contributed by atoms with Crippen molar-refractivity contribution in [3.05, 3.63) is 87.6 Å². The number of aromatic nitrogens is 1. The number of oxazole rings is 1. The highest BCUT2D eigenvalue weighted by Gasteiger charge is 2.30. The van der Waals surface area contributed by atoms with E-state index in [1.807, 2.05) is 18.3 Å². The van der Waals surface area contributed by atoms with E-state index in [-0.39, 0.29) is 5.92 Å². The second-order valence-corrected chi connectivity index (χ2v) is 9.80. The Morgan fingerprint density at radius 3 is 2.61 bits per heavy atom. The molecule has 1 aromatic heterocycles. The van der Waals surface area contributed by atoms with Gasteiger partial charge in [-0.05, 0) is 49.1 Å². The Balaban J connectivity index is 1.31. The number of nitrogens with zero attached hydrogens (tertiary/aromatic N) is 2. The van der Waals surface area contributed by atoms with Gasteiger partial charge in [-0.25, -0.2) is 4.98 Å². The highest BCUT2D eigenvalue weighted by molar-refractivity contribution is 6.42. The summed E-state index contributed by atoms with van der Waals surface area (Å²) in [4.78, 5) is 6.92. The molecule has 176 valence electrons. The van der Waals surface area contributed by atoms with Crippen LogP contribution in [0.25, 0.3) is 0 Å². The van der Waals surface area contributed by atoms with Gasteiger partial charge in [0, 0.05) is 6.54 Å². The first-order valence-corrected chi connectivity index (χ1v) is 12.6. The molecular formula is C27H32Cl2N2O2. The average Bonchev–Trinajstić information content (AvgIpc) is 3.28. The molecule has 0 bridgehead atoms. The van der Waals surface area contributed by atoms with Gasteiger partial charge in [-0.15, -0.1) is 0 Å². The van der Waals surface area contributed by atoms with Gasteiger partial charge in [-0.2, -0.15) is 0 Å². The van der Waals surface area contributed by atoms with Gasteiger partial charge in [0.25, 0.3) is 0 Å². The summed E-state index contributed by atoms with van der Waals surface area (Å²) in [5, 5.41) is 1.11. The Hall–Kier alpha value is -1.85. The molecule has 2 aromatic carbocycles. The fraction of sp³-hybridized carbons (Fsp3) is 0.444. The van der Waals surface area contributed by atoms with Crippen molar-refractivity contribution < 1.29 is 9.15 Å². The Morgan fingerprint density at radius 1 is 1.06 bits per heavy atom. The van der Waals surface area contributed by atoms with Crippen LogP contribution < -0.4 is 0 Å². The lowest BCUT2D eigenvalue weighted by molar-refractivity contribution is 0.0961. The minimum Gasteiger partial charge on any atom is -0.444 e.